The molecule has 0 heterocycles. The Morgan fingerprint density at radius 2 is 1.77 bits per heavy atom. The average Bonchev–Trinajstić information content (AvgIpc) is 2.62. The summed E-state index contributed by atoms with van der Waals surface area (Å²) in [6.45, 7) is 2.57. The summed E-state index contributed by atoms with van der Waals surface area (Å²) < 4.78 is 0. The number of thiocarbonyl (C=S) groups is 1. The molecule has 7 heteroatoms. The molecule has 5 nitrogen and oxygen atoms in total. The first-order chi connectivity index (χ1) is 12.5. The van der Waals surface area contributed by atoms with E-state index in [9.17, 15) is 9.59 Å². The fraction of sp³-hybridized carbons (Fsp3) is 0.211. The van der Waals surface area contributed by atoms with E-state index in [2.05, 4.69) is 16.0 Å². The van der Waals surface area contributed by atoms with Crippen LogP contribution in [0.25, 0.3) is 0 Å². The van der Waals surface area contributed by atoms with Gasteiger partial charge in [0.15, 0.2) is 5.11 Å². The van der Waals surface area contributed by atoms with Crippen LogP contribution in [0.1, 0.15) is 29.3 Å². The minimum absolute atomic E-state index is 0.139. The van der Waals surface area contributed by atoms with Crippen molar-refractivity contribution in [1.29, 1.82) is 0 Å². The normalized spacial score (nSPS) is 10.1. The van der Waals surface area contributed by atoms with Gasteiger partial charge in [-0.2, -0.15) is 0 Å². The van der Waals surface area contributed by atoms with Crippen LogP contribution in [-0.4, -0.2) is 23.5 Å². The third-order valence-corrected chi connectivity index (χ3v) is 3.94. The molecule has 136 valence electrons. The summed E-state index contributed by atoms with van der Waals surface area (Å²) in [5, 5.41) is 9.10. The Morgan fingerprint density at radius 1 is 1.08 bits per heavy atom. The lowest BCUT2D eigenvalue weighted by atomic mass is 10.1. The van der Waals surface area contributed by atoms with Crippen molar-refractivity contribution in [3.63, 3.8) is 0 Å². The molecule has 2 amide bonds. The molecule has 0 atom stereocenters. The fourth-order valence-corrected chi connectivity index (χ4v) is 2.59. The Balaban J connectivity index is 1.96. The molecule has 0 unspecified atom stereocenters. The van der Waals surface area contributed by atoms with E-state index >= 15 is 0 Å². The van der Waals surface area contributed by atoms with E-state index in [1.165, 1.54) is 0 Å². The van der Waals surface area contributed by atoms with Crippen LogP contribution in [0.15, 0.2) is 48.5 Å². The number of benzene rings is 2. The number of amides is 2. The number of anilines is 1. The fourth-order valence-electron chi connectivity index (χ4n) is 2.24. The lowest BCUT2D eigenvalue weighted by molar-refractivity contribution is -0.119. The van der Waals surface area contributed by atoms with Crippen LogP contribution in [0, 0.1) is 0 Å². The Bertz CT molecular complexity index is 794. The van der Waals surface area contributed by atoms with Crippen LogP contribution in [0.2, 0.25) is 5.02 Å². The first-order valence-corrected chi connectivity index (χ1v) is 9.00. The van der Waals surface area contributed by atoms with Gasteiger partial charge in [0.1, 0.15) is 0 Å². The third-order valence-electron chi connectivity index (χ3n) is 3.49. The molecule has 0 fully saturated rings. The van der Waals surface area contributed by atoms with Gasteiger partial charge in [-0.25, -0.2) is 0 Å². The third kappa shape index (κ3) is 6.13. The number of nitrogens with one attached hydrogen (secondary N) is 3. The highest BCUT2D eigenvalue weighted by molar-refractivity contribution is 7.80. The smallest absolute Gasteiger partial charge is 0.253 e. The Kier molecular flexibility index (Phi) is 7.56. The van der Waals surface area contributed by atoms with Gasteiger partial charge < -0.3 is 16.0 Å². The minimum Gasteiger partial charge on any atom is -0.352 e. The van der Waals surface area contributed by atoms with Crippen LogP contribution in [-0.2, 0) is 11.2 Å². The van der Waals surface area contributed by atoms with E-state index in [4.69, 9.17) is 23.8 Å². The maximum Gasteiger partial charge on any atom is 0.253 e. The molecule has 0 aliphatic rings. The Labute approximate surface area is 163 Å². The Morgan fingerprint density at radius 3 is 2.46 bits per heavy atom. The molecule has 0 spiro atoms. The highest BCUT2D eigenvalue weighted by atomic mass is 35.5. The number of rotatable bonds is 6. The molecule has 0 aliphatic carbocycles. The molecule has 0 radical (unpaired) electrons. The Hall–Kier alpha value is -2.44. The molecule has 3 N–H and O–H groups in total. The van der Waals surface area contributed by atoms with E-state index in [1.807, 2.05) is 6.92 Å². The number of hydrogen-bond donors (Lipinski definition) is 3. The van der Waals surface area contributed by atoms with Crippen molar-refractivity contribution >= 4 is 46.4 Å². The largest absolute Gasteiger partial charge is 0.352 e. The van der Waals surface area contributed by atoms with Gasteiger partial charge in [-0.15, -0.1) is 0 Å². The zero-order chi connectivity index (χ0) is 18.9. The van der Waals surface area contributed by atoms with Gasteiger partial charge in [0.2, 0.25) is 5.91 Å². The predicted molar refractivity (Wildman–Crippen MR) is 109 cm³/mol. The van der Waals surface area contributed by atoms with Crippen LogP contribution < -0.4 is 16.0 Å². The quantitative estimate of drug-likeness (QED) is 0.661. The van der Waals surface area contributed by atoms with Gasteiger partial charge >= 0.3 is 0 Å². The van der Waals surface area contributed by atoms with Gasteiger partial charge in [0.25, 0.3) is 5.91 Å². The van der Waals surface area contributed by atoms with E-state index < -0.39 is 0 Å². The molecule has 0 aliphatic heterocycles. The van der Waals surface area contributed by atoms with Crippen molar-refractivity contribution in [3.05, 3.63) is 64.7 Å². The molecule has 0 saturated carbocycles. The average molecular weight is 390 g/mol. The molecule has 2 rings (SSSR count). The summed E-state index contributed by atoms with van der Waals surface area (Å²) in [7, 11) is 0. The zero-order valence-electron chi connectivity index (χ0n) is 14.3. The lowest BCUT2D eigenvalue weighted by Crippen LogP contribution is -2.36. The van der Waals surface area contributed by atoms with Crippen LogP contribution >= 0.6 is 23.8 Å². The summed E-state index contributed by atoms with van der Waals surface area (Å²) in [6, 6.07) is 14.0. The highest BCUT2D eigenvalue weighted by Crippen LogP contribution is 2.15. The molecule has 0 bridgehead atoms. The molecule has 0 saturated heterocycles. The van der Waals surface area contributed by atoms with Crippen molar-refractivity contribution < 1.29 is 9.59 Å². The standard InChI is InChI=1S/C19H20ClN3O2S/c1-2-11-21-18(25)15-5-3-4-6-16(15)22-19(26)23-17(24)12-13-7-9-14(20)10-8-13/h3-10H,2,11-12H2,1H3,(H,21,25)(H2,22,23,24,26). The van der Waals surface area contributed by atoms with E-state index in [0.29, 0.717) is 22.8 Å². The molecule has 2 aromatic carbocycles. The van der Waals surface area contributed by atoms with Gasteiger partial charge in [0.05, 0.1) is 17.7 Å². The van der Waals surface area contributed by atoms with Gasteiger partial charge in [-0.1, -0.05) is 42.8 Å². The SMILES string of the molecule is CCCNC(=O)c1ccccc1NC(=S)NC(=O)Cc1ccc(Cl)cc1. The highest BCUT2D eigenvalue weighted by Gasteiger charge is 2.12. The number of hydrogen-bond acceptors (Lipinski definition) is 3. The summed E-state index contributed by atoms with van der Waals surface area (Å²) in [6.07, 6.45) is 1.03. The maximum atomic E-state index is 12.2. The van der Waals surface area contributed by atoms with Crippen molar-refractivity contribution in [2.45, 2.75) is 19.8 Å². The monoisotopic (exact) mass is 389 g/mol. The molecular formula is C19H20ClN3O2S. The second-order valence-corrected chi connectivity index (χ2v) is 6.45. The van der Waals surface area contributed by atoms with E-state index in [1.54, 1.807) is 48.5 Å². The number of carbonyl (C=O) groups excluding carboxylic acids is 2. The zero-order valence-corrected chi connectivity index (χ0v) is 15.9. The van der Waals surface area contributed by atoms with Gasteiger partial charge in [-0.3, -0.25) is 9.59 Å². The summed E-state index contributed by atoms with van der Waals surface area (Å²) in [5.74, 6) is -0.442. The lowest BCUT2D eigenvalue weighted by Gasteiger charge is -2.13. The van der Waals surface area contributed by atoms with Crippen molar-refractivity contribution in [3.8, 4) is 0 Å². The van der Waals surface area contributed by atoms with Crippen LogP contribution in [0.4, 0.5) is 5.69 Å². The summed E-state index contributed by atoms with van der Waals surface area (Å²) >= 11 is 11.0. The minimum atomic E-state index is -0.252. The van der Waals surface area contributed by atoms with E-state index in [-0.39, 0.29) is 23.3 Å². The first kappa shape index (κ1) is 19.9. The topological polar surface area (TPSA) is 70.2 Å². The van der Waals surface area contributed by atoms with Crippen LogP contribution in [0.5, 0.6) is 0 Å². The number of halogens is 1. The van der Waals surface area contributed by atoms with Gasteiger partial charge in [0, 0.05) is 11.6 Å². The number of para-hydroxylation sites is 1. The second kappa shape index (κ2) is 9.89. The number of carbonyl (C=O) groups is 2. The van der Waals surface area contributed by atoms with Crippen molar-refractivity contribution in [2.24, 2.45) is 0 Å². The van der Waals surface area contributed by atoms with Crippen LogP contribution in [0.3, 0.4) is 0 Å². The van der Waals surface area contributed by atoms with E-state index in [0.717, 1.165) is 12.0 Å². The maximum absolute atomic E-state index is 12.2. The summed E-state index contributed by atoms with van der Waals surface area (Å²) in [5.41, 5.74) is 1.84. The molecule has 2 aromatic rings. The predicted octanol–water partition coefficient (Wildman–Crippen LogP) is 3.54. The summed E-state index contributed by atoms with van der Waals surface area (Å²) in [4.78, 5) is 24.3. The second-order valence-electron chi connectivity index (χ2n) is 5.61. The van der Waals surface area contributed by atoms with Crippen molar-refractivity contribution in [1.82, 2.24) is 10.6 Å². The molecule has 26 heavy (non-hydrogen) atoms. The van der Waals surface area contributed by atoms with Crippen molar-refractivity contribution in [2.75, 3.05) is 11.9 Å². The van der Waals surface area contributed by atoms with Gasteiger partial charge in [-0.05, 0) is 48.5 Å². The first-order valence-electron chi connectivity index (χ1n) is 8.22. The molecular weight excluding hydrogens is 370 g/mol. The molecule has 0 aromatic heterocycles.